The molecular weight excluding hydrogens is 233 g/mol. The fourth-order valence-electron chi connectivity index (χ4n) is 1.78. The number of benzene rings is 1. The molecule has 0 aliphatic heterocycles. The molecule has 0 bridgehead atoms. The molecule has 0 radical (unpaired) electrons. The molecule has 5 heteroatoms. The molecule has 0 amide bonds. The predicted molar refractivity (Wildman–Crippen MR) is 66.9 cm³/mol. The van der Waals surface area contributed by atoms with Crippen LogP contribution < -0.4 is 5.73 Å². The second-order valence-electron chi connectivity index (χ2n) is 4.28. The van der Waals surface area contributed by atoms with Crippen molar-refractivity contribution in [2.24, 2.45) is 0 Å². The number of ketones is 1. The van der Waals surface area contributed by atoms with Crippen molar-refractivity contribution in [1.82, 2.24) is 9.78 Å². The van der Waals surface area contributed by atoms with Crippen LogP contribution in [0.5, 0.6) is 0 Å². The molecule has 0 saturated heterocycles. The summed E-state index contributed by atoms with van der Waals surface area (Å²) in [6.45, 7) is 3.83. The van der Waals surface area contributed by atoms with Crippen molar-refractivity contribution >= 4 is 11.5 Å². The quantitative estimate of drug-likeness (QED) is 0.669. The third kappa shape index (κ3) is 1.99. The Morgan fingerprint density at radius 3 is 2.78 bits per heavy atom. The van der Waals surface area contributed by atoms with Crippen molar-refractivity contribution in [3.8, 4) is 0 Å². The lowest BCUT2D eigenvalue weighted by molar-refractivity contribution is 0.102. The minimum absolute atomic E-state index is 0.0498. The summed E-state index contributed by atoms with van der Waals surface area (Å²) in [7, 11) is 0. The zero-order valence-corrected chi connectivity index (χ0v) is 10.2. The summed E-state index contributed by atoms with van der Waals surface area (Å²) in [6, 6.07) is 5.86. The SMILES string of the molecule is CC(C)n1nccc1C(=O)c1cccc(F)c1N. The Bertz CT molecular complexity index is 590. The number of nitrogens with zero attached hydrogens (tertiary/aromatic N) is 2. The van der Waals surface area contributed by atoms with E-state index in [1.807, 2.05) is 13.8 Å². The van der Waals surface area contributed by atoms with E-state index in [0.717, 1.165) is 0 Å². The highest BCUT2D eigenvalue weighted by atomic mass is 19.1. The molecule has 0 aliphatic rings. The first kappa shape index (κ1) is 12.3. The summed E-state index contributed by atoms with van der Waals surface area (Å²) in [5.74, 6) is -0.908. The topological polar surface area (TPSA) is 60.9 Å². The van der Waals surface area contributed by atoms with Gasteiger partial charge in [0.2, 0.25) is 5.78 Å². The number of hydrogen-bond acceptors (Lipinski definition) is 3. The van der Waals surface area contributed by atoms with Crippen molar-refractivity contribution in [3.63, 3.8) is 0 Å². The average molecular weight is 247 g/mol. The summed E-state index contributed by atoms with van der Waals surface area (Å²) in [4.78, 5) is 12.3. The van der Waals surface area contributed by atoms with E-state index in [0.29, 0.717) is 5.69 Å². The average Bonchev–Trinajstić information content (AvgIpc) is 2.81. The number of nitrogen functional groups attached to an aromatic ring is 1. The number of hydrogen-bond donors (Lipinski definition) is 1. The fourth-order valence-corrected chi connectivity index (χ4v) is 1.78. The largest absolute Gasteiger partial charge is 0.396 e. The first-order valence-corrected chi connectivity index (χ1v) is 5.64. The van der Waals surface area contributed by atoms with Gasteiger partial charge in [-0.15, -0.1) is 0 Å². The van der Waals surface area contributed by atoms with Crippen LogP contribution in [0.15, 0.2) is 30.5 Å². The van der Waals surface area contributed by atoms with Gasteiger partial charge in [0.15, 0.2) is 0 Å². The van der Waals surface area contributed by atoms with E-state index in [2.05, 4.69) is 5.10 Å². The Morgan fingerprint density at radius 1 is 1.39 bits per heavy atom. The van der Waals surface area contributed by atoms with Crippen LogP contribution in [0, 0.1) is 5.82 Å². The van der Waals surface area contributed by atoms with E-state index in [9.17, 15) is 9.18 Å². The summed E-state index contributed by atoms with van der Waals surface area (Å²) >= 11 is 0. The third-order valence-electron chi connectivity index (χ3n) is 2.69. The maximum absolute atomic E-state index is 13.3. The van der Waals surface area contributed by atoms with E-state index >= 15 is 0 Å². The Morgan fingerprint density at radius 2 is 2.11 bits per heavy atom. The summed E-state index contributed by atoms with van der Waals surface area (Å²) in [6.07, 6.45) is 1.54. The molecule has 0 saturated carbocycles. The van der Waals surface area contributed by atoms with Crippen LogP contribution in [0.1, 0.15) is 35.9 Å². The van der Waals surface area contributed by atoms with Gasteiger partial charge in [-0.25, -0.2) is 4.39 Å². The lowest BCUT2D eigenvalue weighted by Crippen LogP contribution is -2.15. The maximum atomic E-state index is 13.3. The summed E-state index contributed by atoms with van der Waals surface area (Å²) < 4.78 is 14.9. The Labute approximate surface area is 104 Å². The van der Waals surface area contributed by atoms with E-state index in [1.54, 1.807) is 16.9 Å². The van der Waals surface area contributed by atoms with Crippen LogP contribution in [0.4, 0.5) is 10.1 Å². The lowest BCUT2D eigenvalue weighted by atomic mass is 10.1. The number of carbonyl (C=O) groups is 1. The van der Waals surface area contributed by atoms with Crippen molar-refractivity contribution in [1.29, 1.82) is 0 Å². The number of aromatic nitrogens is 2. The highest BCUT2D eigenvalue weighted by Crippen LogP contribution is 2.20. The van der Waals surface area contributed by atoms with Crippen LogP contribution in [0.2, 0.25) is 0 Å². The molecule has 1 aromatic carbocycles. The van der Waals surface area contributed by atoms with Crippen LogP contribution >= 0.6 is 0 Å². The van der Waals surface area contributed by atoms with Gasteiger partial charge in [-0.3, -0.25) is 9.48 Å². The summed E-state index contributed by atoms with van der Waals surface area (Å²) in [5.41, 5.74) is 6.03. The molecule has 2 aromatic rings. The molecule has 0 aliphatic carbocycles. The van der Waals surface area contributed by atoms with Gasteiger partial charge in [0, 0.05) is 12.2 Å². The molecule has 18 heavy (non-hydrogen) atoms. The molecule has 94 valence electrons. The molecular formula is C13H14FN3O. The Balaban J connectivity index is 2.49. The van der Waals surface area contributed by atoms with Gasteiger partial charge in [0.05, 0.1) is 11.3 Å². The maximum Gasteiger partial charge on any atom is 0.213 e. The zero-order valence-electron chi connectivity index (χ0n) is 10.2. The molecule has 0 fully saturated rings. The minimum Gasteiger partial charge on any atom is -0.396 e. The Hall–Kier alpha value is -2.17. The van der Waals surface area contributed by atoms with Gasteiger partial charge < -0.3 is 5.73 Å². The highest BCUT2D eigenvalue weighted by molar-refractivity contribution is 6.11. The number of halogens is 1. The van der Waals surface area contributed by atoms with Crippen molar-refractivity contribution in [2.45, 2.75) is 19.9 Å². The Kier molecular flexibility index (Phi) is 3.14. The van der Waals surface area contributed by atoms with Crippen LogP contribution in [0.3, 0.4) is 0 Å². The van der Waals surface area contributed by atoms with Gasteiger partial charge in [0.1, 0.15) is 11.5 Å². The molecule has 4 nitrogen and oxygen atoms in total. The number of para-hydroxylation sites is 1. The second kappa shape index (κ2) is 4.60. The molecule has 1 heterocycles. The number of carbonyl (C=O) groups excluding carboxylic acids is 1. The van der Waals surface area contributed by atoms with E-state index in [4.69, 9.17) is 5.73 Å². The zero-order chi connectivity index (χ0) is 13.3. The molecule has 2 N–H and O–H groups in total. The van der Waals surface area contributed by atoms with Gasteiger partial charge in [-0.05, 0) is 32.0 Å². The molecule has 1 aromatic heterocycles. The van der Waals surface area contributed by atoms with Gasteiger partial charge >= 0.3 is 0 Å². The third-order valence-corrected chi connectivity index (χ3v) is 2.69. The second-order valence-corrected chi connectivity index (χ2v) is 4.28. The van der Waals surface area contributed by atoms with Crippen LogP contribution in [0.25, 0.3) is 0 Å². The van der Waals surface area contributed by atoms with Crippen LogP contribution in [-0.2, 0) is 0 Å². The monoisotopic (exact) mass is 247 g/mol. The van der Waals surface area contributed by atoms with Gasteiger partial charge in [-0.2, -0.15) is 5.10 Å². The summed E-state index contributed by atoms with van der Waals surface area (Å²) in [5, 5.41) is 4.08. The standard InChI is InChI=1S/C13H14FN3O/c1-8(2)17-11(6-7-16-17)13(18)9-4-3-5-10(14)12(9)15/h3-8H,15H2,1-2H3. The first-order valence-electron chi connectivity index (χ1n) is 5.64. The predicted octanol–water partition coefficient (Wildman–Crippen LogP) is 2.42. The van der Waals surface area contributed by atoms with E-state index in [-0.39, 0.29) is 23.1 Å². The first-order chi connectivity index (χ1) is 8.52. The number of anilines is 1. The van der Waals surface area contributed by atoms with Crippen LogP contribution in [-0.4, -0.2) is 15.6 Å². The molecule has 0 spiro atoms. The van der Waals surface area contributed by atoms with Gasteiger partial charge in [-0.1, -0.05) is 6.07 Å². The number of nitrogens with two attached hydrogens (primary N) is 1. The lowest BCUT2D eigenvalue weighted by Gasteiger charge is -2.11. The molecule has 0 unspecified atom stereocenters. The smallest absolute Gasteiger partial charge is 0.213 e. The van der Waals surface area contributed by atoms with E-state index < -0.39 is 5.82 Å². The van der Waals surface area contributed by atoms with Crippen molar-refractivity contribution in [2.75, 3.05) is 5.73 Å². The van der Waals surface area contributed by atoms with Crippen molar-refractivity contribution < 1.29 is 9.18 Å². The van der Waals surface area contributed by atoms with Crippen molar-refractivity contribution in [3.05, 3.63) is 47.5 Å². The molecule has 2 rings (SSSR count). The van der Waals surface area contributed by atoms with Gasteiger partial charge in [0.25, 0.3) is 0 Å². The normalized spacial score (nSPS) is 10.9. The van der Waals surface area contributed by atoms with E-state index in [1.165, 1.54) is 18.2 Å². The molecule has 0 atom stereocenters. The minimum atomic E-state index is -0.587. The highest BCUT2D eigenvalue weighted by Gasteiger charge is 2.19. The number of rotatable bonds is 3. The fraction of sp³-hybridized carbons (Fsp3) is 0.231.